The maximum absolute atomic E-state index is 11.8. The van der Waals surface area contributed by atoms with Crippen LogP contribution in [-0.4, -0.2) is 48.2 Å². The highest BCUT2D eigenvalue weighted by Crippen LogP contribution is 2.22. The Morgan fingerprint density at radius 1 is 1.42 bits per heavy atom. The number of amides is 1. The minimum absolute atomic E-state index is 0.0349. The molecule has 1 aromatic heterocycles. The highest BCUT2D eigenvalue weighted by Gasteiger charge is 2.26. The monoisotopic (exact) mass is 330 g/mol. The van der Waals surface area contributed by atoms with E-state index in [0.29, 0.717) is 18.3 Å². The first kappa shape index (κ1) is 16.4. The van der Waals surface area contributed by atoms with Gasteiger partial charge in [0, 0.05) is 19.2 Å². The van der Waals surface area contributed by atoms with Crippen LogP contribution in [0.15, 0.2) is 28.8 Å². The summed E-state index contributed by atoms with van der Waals surface area (Å²) in [5.41, 5.74) is 0.882. The third-order valence-electron chi connectivity index (χ3n) is 4.30. The summed E-state index contributed by atoms with van der Waals surface area (Å²) in [6.07, 6.45) is 1.93. The minimum Gasteiger partial charge on any atom is -0.497 e. The Labute approximate surface area is 141 Å². The Hall–Kier alpha value is -2.41. The normalized spacial score (nSPS) is 18.3. The summed E-state index contributed by atoms with van der Waals surface area (Å²) in [6.45, 7) is 2.23. The molecule has 1 N–H and O–H groups in total. The van der Waals surface area contributed by atoms with Crippen molar-refractivity contribution in [3.63, 3.8) is 0 Å². The standard InChI is InChI=1S/C17H22N4O3/c1-18-17(22)13-4-3-9-21(10-13)11-15-19-16(20-24-15)12-5-7-14(23-2)8-6-12/h5-8,13H,3-4,9-11H2,1-2H3,(H,18,22). The van der Waals surface area contributed by atoms with Gasteiger partial charge in [-0.15, -0.1) is 0 Å². The fraction of sp³-hybridized carbons (Fsp3) is 0.471. The number of piperidine rings is 1. The largest absolute Gasteiger partial charge is 0.497 e. The van der Waals surface area contributed by atoms with Gasteiger partial charge in [0.2, 0.25) is 17.6 Å². The van der Waals surface area contributed by atoms with Crippen LogP contribution in [0.3, 0.4) is 0 Å². The van der Waals surface area contributed by atoms with E-state index in [-0.39, 0.29) is 11.8 Å². The van der Waals surface area contributed by atoms with Crippen LogP contribution >= 0.6 is 0 Å². The molecule has 2 aromatic rings. The zero-order valence-corrected chi connectivity index (χ0v) is 14.0. The predicted molar refractivity (Wildman–Crippen MR) is 88.4 cm³/mol. The highest BCUT2D eigenvalue weighted by molar-refractivity contribution is 5.78. The second kappa shape index (κ2) is 7.44. The number of benzene rings is 1. The van der Waals surface area contributed by atoms with Crippen molar-refractivity contribution in [3.05, 3.63) is 30.2 Å². The van der Waals surface area contributed by atoms with E-state index in [1.165, 1.54) is 0 Å². The van der Waals surface area contributed by atoms with E-state index in [9.17, 15) is 4.79 Å². The topological polar surface area (TPSA) is 80.5 Å². The molecule has 1 aliphatic heterocycles. The Bertz CT molecular complexity index is 683. The van der Waals surface area contributed by atoms with Crippen molar-refractivity contribution in [2.24, 2.45) is 5.92 Å². The molecule has 0 saturated carbocycles. The fourth-order valence-electron chi connectivity index (χ4n) is 2.98. The number of methoxy groups -OCH3 is 1. The van der Waals surface area contributed by atoms with Crippen LogP contribution in [0.2, 0.25) is 0 Å². The average Bonchev–Trinajstić information content (AvgIpc) is 3.09. The van der Waals surface area contributed by atoms with Crippen LogP contribution < -0.4 is 10.1 Å². The van der Waals surface area contributed by atoms with E-state index in [1.54, 1.807) is 14.2 Å². The van der Waals surface area contributed by atoms with Crippen LogP contribution in [-0.2, 0) is 11.3 Å². The van der Waals surface area contributed by atoms with Gasteiger partial charge in [-0.1, -0.05) is 5.16 Å². The zero-order chi connectivity index (χ0) is 16.9. The van der Waals surface area contributed by atoms with E-state index in [2.05, 4.69) is 20.4 Å². The first-order valence-electron chi connectivity index (χ1n) is 8.10. The lowest BCUT2D eigenvalue weighted by Gasteiger charge is -2.30. The van der Waals surface area contributed by atoms with Crippen molar-refractivity contribution in [2.45, 2.75) is 19.4 Å². The molecule has 1 aliphatic rings. The van der Waals surface area contributed by atoms with E-state index in [0.717, 1.165) is 37.2 Å². The van der Waals surface area contributed by atoms with Gasteiger partial charge in [-0.05, 0) is 43.7 Å². The second-order valence-electron chi connectivity index (χ2n) is 5.93. The van der Waals surface area contributed by atoms with Crippen LogP contribution in [0, 0.1) is 5.92 Å². The van der Waals surface area contributed by atoms with E-state index in [4.69, 9.17) is 9.26 Å². The van der Waals surface area contributed by atoms with Crippen molar-refractivity contribution >= 4 is 5.91 Å². The first-order valence-corrected chi connectivity index (χ1v) is 8.10. The van der Waals surface area contributed by atoms with Crippen LogP contribution in [0.1, 0.15) is 18.7 Å². The third-order valence-corrected chi connectivity index (χ3v) is 4.30. The highest BCUT2D eigenvalue weighted by atomic mass is 16.5. The van der Waals surface area contributed by atoms with Gasteiger partial charge in [-0.25, -0.2) is 0 Å². The number of hydrogen-bond acceptors (Lipinski definition) is 6. The molecule has 2 heterocycles. The Balaban J connectivity index is 1.64. The van der Waals surface area contributed by atoms with Crippen LogP contribution in [0.4, 0.5) is 0 Å². The van der Waals surface area contributed by atoms with Crippen molar-refractivity contribution in [1.29, 1.82) is 0 Å². The molecule has 0 spiro atoms. The smallest absolute Gasteiger partial charge is 0.241 e. The van der Waals surface area contributed by atoms with Gasteiger partial charge in [-0.2, -0.15) is 4.98 Å². The molecule has 1 fully saturated rings. The van der Waals surface area contributed by atoms with Gasteiger partial charge in [0.25, 0.3) is 0 Å². The van der Waals surface area contributed by atoms with Gasteiger partial charge in [0.05, 0.1) is 19.6 Å². The number of rotatable bonds is 5. The van der Waals surface area contributed by atoms with E-state index in [1.807, 2.05) is 24.3 Å². The number of aromatic nitrogens is 2. The van der Waals surface area contributed by atoms with Gasteiger partial charge in [-0.3, -0.25) is 9.69 Å². The van der Waals surface area contributed by atoms with Crippen LogP contribution in [0.5, 0.6) is 5.75 Å². The van der Waals surface area contributed by atoms with Gasteiger partial charge < -0.3 is 14.6 Å². The molecular weight excluding hydrogens is 308 g/mol. The number of nitrogens with zero attached hydrogens (tertiary/aromatic N) is 3. The van der Waals surface area contributed by atoms with Crippen molar-refractivity contribution in [2.75, 3.05) is 27.2 Å². The van der Waals surface area contributed by atoms with Crippen molar-refractivity contribution in [3.8, 4) is 17.1 Å². The van der Waals surface area contributed by atoms with Crippen LogP contribution in [0.25, 0.3) is 11.4 Å². The molecule has 1 saturated heterocycles. The molecule has 1 aromatic carbocycles. The maximum atomic E-state index is 11.8. The number of nitrogens with one attached hydrogen (secondary N) is 1. The van der Waals surface area contributed by atoms with Crippen molar-refractivity contribution < 1.29 is 14.1 Å². The average molecular weight is 330 g/mol. The summed E-state index contributed by atoms with van der Waals surface area (Å²) in [5, 5.41) is 6.77. The molecule has 128 valence electrons. The molecule has 24 heavy (non-hydrogen) atoms. The first-order chi connectivity index (χ1) is 11.7. The van der Waals surface area contributed by atoms with Gasteiger partial charge >= 0.3 is 0 Å². The Morgan fingerprint density at radius 2 is 2.21 bits per heavy atom. The Morgan fingerprint density at radius 3 is 2.92 bits per heavy atom. The Kier molecular flexibility index (Phi) is 5.10. The summed E-state index contributed by atoms with van der Waals surface area (Å²) in [4.78, 5) is 18.5. The summed E-state index contributed by atoms with van der Waals surface area (Å²) in [5.74, 6) is 2.05. The minimum atomic E-state index is 0.0349. The SMILES string of the molecule is CNC(=O)C1CCCN(Cc2nc(-c3ccc(OC)cc3)no2)C1. The number of carbonyl (C=O) groups is 1. The van der Waals surface area contributed by atoms with Gasteiger partial charge in [0.15, 0.2) is 0 Å². The number of carbonyl (C=O) groups excluding carboxylic acids is 1. The molecule has 0 bridgehead atoms. The molecule has 7 heteroatoms. The number of ether oxygens (including phenoxy) is 1. The quantitative estimate of drug-likeness (QED) is 0.899. The summed E-state index contributed by atoms with van der Waals surface area (Å²) < 4.78 is 10.5. The molecule has 1 atom stereocenters. The molecule has 3 rings (SSSR count). The molecule has 7 nitrogen and oxygen atoms in total. The predicted octanol–water partition coefficient (Wildman–Crippen LogP) is 1.70. The van der Waals surface area contributed by atoms with Gasteiger partial charge in [0.1, 0.15) is 5.75 Å². The number of likely N-dealkylation sites (tertiary alicyclic amines) is 1. The summed E-state index contributed by atoms with van der Waals surface area (Å²) >= 11 is 0. The van der Waals surface area contributed by atoms with E-state index >= 15 is 0 Å². The molecule has 0 aliphatic carbocycles. The molecule has 0 radical (unpaired) electrons. The molecule has 1 unspecified atom stereocenters. The molecule has 1 amide bonds. The van der Waals surface area contributed by atoms with E-state index < -0.39 is 0 Å². The lowest BCUT2D eigenvalue weighted by atomic mass is 9.97. The second-order valence-corrected chi connectivity index (χ2v) is 5.93. The fourth-order valence-corrected chi connectivity index (χ4v) is 2.98. The summed E-state index contributed by atoms with van der Waals surface area (Å²) in [6, 6.07) is 7.53. The lowest BCUT2D eigenvalue weighted by Crippen LogP contribution is -2.41. The van der Waals surface area contributed by atoms with Crippen molar-refractivity contribution in [1.82, 2.24) is 20.4 Å². The lowest BCUT2D eigenvalue weighted by molar-refractivity contribution is -0.126. The summed E-state index contributed by atoms with van der Waals surface area (Å²) in [7, 11) is 3.31. The number of hydrogen-bond donors (Lipinski definition) is 1. The molecular formula is C17H22N4O3. The zero-order valence-electron chi connectivity index (χ0n) is 14.0. The maximum Gasteiger partial charge on any atom is 0.241 e. The third kappa shape index (κ3) is 3.73.